The summed E-state index contributed by atoms with van der Waals surface area (Å²) in [6.45, 7) is 6.88. The highest BCUT2D eigenvalue weighted by Crippen LogP contribution is 2.20. The maximum atomic E-state index is 12.7. The molecule has 1 fully saturated rings. The molecule has 3 heteroatoms. The van der Waals surface area contributed by atoms with Gasteiger partial charge in [0, 0.05) is 13.1 Å². The first-order chi connectivity index (χ1) is 10.2. The van der Waals surface area contributed by atoms with Crippen LogP contribution in [0.2, 0.25) is 0 Å². The van der Waals surface area contributed by atoms with Crippen LogP contribution in [0.15, 0.2) is 30.3 Å². The minimum absolute atomic E-state index is 0.0272. The summed E-state index contributed by atoms with van der Waals surface area (Å²) in [5.74, 6) is 0.986. The van der Waals surface area contributed by atoms with E-state index in [4.69, 9.17) is 0 Å². The fourth-order valence-corrected chi connectivity index (χ4v) is 3.11. The van der Waals surface area contributed by atoms with Crippen LogP contribution in [0.5, 0.6) is 0 Å². The Bertz CT molecular complexity index is 432. The van der Waals surface area contributed by atoms with E-state index in [1.165, 1.54) is 18.4 Å². The lowest BCUT2D eigenvalue weighted by Crippen LogP contribution is -2.50. The lowest BCUT2D eigenvalue weighted by atomic mass is 9.90. The second-order valence-corrected chi connectivity index (χ2v) is 5.96. The van der Waals surface area contributed by atoms with E-state index < -0.39 is 0 Å². The van der Waals surface area contributed by atoms with Gasteiger partial charge in [0.1, 0.15) is 0 Å². The Morgan fingerprint density at radius 3 is 2.71 bits per heavy atom. The average Bonchev–Trinajstić information content (AvgIpc) is 2.56. The predicted molar refractivity (Wildman–Crippen MR) is 87.2 cm³/mol. The van der Waals surface area contributed by atoms with Gasteiger partial charge in [-0.15, -0.1) is 0 Å². The molecule has 21 heavy (non-hydrogen) atoms. The van der Waals surface area contributed by atoms with E-state index in [0.29, 0.717) is 5.92 Å². The highest BCUT2D eigenvalue weighted by molar-refractivity contribution is 5.82. The molecule has 1 aromatic rings. The summed E-state index contributed by atoms with van der Waals surface area (Å²) in [6, 6.07) is 10.4. The molecule has 0 aromatic heterocycles. The van der Waals surface area contributed by atoms with E-state index in [1.807, 2.05) is 11.0 Å². The Labute approximate surface area is 128 Å². The summed E-state index contributed by atoms with van der Waals surface area (Å²) in [6.07, 6.45) is 4.32. The molecule has 2 unspecified atom stereocenters. The summed E-state index contributed by atoms with van der Waals surface area (Å²) in [7, 11) is 0. The largest absolute Gasteiger partial charge is 0.341 e. The Kier molecular flexibility index (Phi) is 6.24. The number of carbonyl (C=O) groups is 1. The summed E-state index contributed by atoms with van der Waals surface area (Å²) < 4.78 is 0. The van der Waals surface area contributed by atoms with Crippen molar-refractivity contribution in [3.8, 4) is 0 Å². The molecule has 3 nitrogen and oxygen atoms in total. The maximum Gasteiger partial charge on any atom is 0.239 e. The van der Waals surface area contributed by atoms with Gasteiger partial charge in [-0.05, 0) is 44.2 Å². The summed E-state index contributed by atoms with van der Waals surface area (Å²) in [4.78, 5) is 14.7. The van der Waals surface area contributed by atoms with Gasteiger partial charge in [0.2, 0.25) is 5.91 Å². The number of hydrogen-bond acceptors (Lipinski definition) is 2. The van der Waals surface area contributed by atoms with E-state index >= 15 is 0 Å². The van der Waals surface area contributed by atoms with Crippen LogP contribution in [0.25, 0.3) is 0 Å². The monoisotopic (exact) mass is 288 g/mol. The number of nitrogens with one attached hydrogen (secondary N) is 1. The van der Waals surface area contributed by atoms with Crippen LogP contribution in [0.3, 0.4) is 0 Å². The maximum absolute atomic E-state index is 12.7. The molecule has 2 rings (SSSR count). The van der Waals surface area contributed by atoms with E-state index in [9.17, 15) is 4.79 Å². The Morgan fingerprint density at radius 2 is 2.05 bits per heavy atom. The van der Waals surface area contributed by atoms with Gasteiger partial charge in [0.25, 0.3) is 0 Å². The zero-order chi connectivity index (χ0) is 15.1. The van der Waals surface area contributed by atoms with Crippen molar-refractivity contribution in [1.82, 2.24) is 10.2 Å². The smallest absolute Gasteiger partial charge is 0.239 e. The van der Waals surface area contributed by atoms with Crippen molar-refractivity contribution in [3.05, 3.63) is 35.9 Å². The SMILES string of the molecule is CCC1CCNC(C(=O)N(CC)CCc2ccccc2)C1. The highest BCUT2D eigenvalue weighted by Gasteiger charge is 2.28. The van der Waals surface area contributed by atoms with Crippen LogP contribution in [0, 0.1) is 5.92 Å². The lowest BCUT2D eigenvalue weighted by molar-refractivity contribution is -0.134. The van der Waals surface area contributed by atoms with Crippen molar-refractivity contribution in [2.45, 2.75) is 45.6 Å². The van der Waals surface area contributed by atoms with Gasteiger partial charge in [-0.2, -0.15) is 0 Å². The molecule has 1 saturated heterocycles. The van der Waals surface area contributed by atoms with Crippen molar-refractivity contribution < 1.29 is 4.79 Å². The molecule has 0 aliphatic carbocycles. The Hall–Kier alpha value is -1.35. The third-order valence-electron chi connectivity index (χ3n) is 4.59. The zero-order valence-electron chi connectivity index (χ0n) is 13.3. The molecule has 0 radical (unpaired) electrons. The van der Waals surface area contributed by atoms with E-state index in [1.54, 1.807) is 0 Å². The molecule has 0 spiro atoms. The number of piperidine rings is 1. The third kappa shape index (κ3) is 4.57. The average molecular weight is 288 g/mol. The van der Waals surface area contributed by atoms with Gasteiger partial charge >= 0.3 is 0 Å². The zero-order valence-corrected chi connectivity index (χ0v) is 13.3. The molecule has 2 atom stereocenters. The van der Waals surface area contributed by atoms with E-state index in [-0.39, 0.29) is 11.9 Å². The fraction of sp³-hybridized carbons (Fsp3) is 0.611. The second-order valence-electron chi connectivity index (χ2n) is 5.96. The molecule has 1 aliphatic heterocycles. The van der Waals surface area contributed by atoms with Gasteiger partial charge in [-0.25, -0.2) is 0 Å². The van der Waals surface area contributed by atoms with Crippen LogP contribution in [-0.2, 0) is 11.2 Å². The lowest BCUT2D eigenvalue weighted by Gasteiger charge is -2.33. The predicted octanol–water partition coefficient (Wildman–Crippen LogP) is 2.86. The van der Waals surface area contributed by atoms with Gasteiger partial charge in [-0.3, -0.25) is 4.79 Å². The van der Waals surface area contributed by atoms with Crippen LogP contribution in [0.4, 0.5) is 0 Å². The molecule has 0 saturated carbocycles. The van der Waals surface area contributed by atoms with Gasteiger partial charge < -0.3 is 10.2 Å². The van der Waals surface area contributed by atoms with Crippen LogP contribution in [0.1, 0.15) is 38.7 Å². The number of amides is 1. The van der Waals surface area contributed by atoms with Crippen molar-refractivity contribution in [1.29, 1.82) is 0 Å². The van der Waals surface area contributed by atoms with Gasteiger partial charge in [0.15, 0.2) is 0 Å². The van der Waals surface area contributed by atoms with E-state index in [2.05, 4.69) is 43.4 Å². The molecule has 1 N–H and O–H groups in total. The van der Waals surface area contributed by atoms with E-state index in [0.717, 1.165) is 32.5 Å². The first-order valence-electron chi connectivity index (χ1n) is 8.30. The third-order valence-corrected chi connectivity index (χ3v) is 4.59. The number of carbonyl (C=O) groups excluding carboxylic acids is 1. The number of hydrogen-bond donors (Lipinski definition) is 1. The molecular weight excluding hydrogens is 260 g/mol. The van der Waals surface area contributed by atoms with Crippen LogP contribution >= 0.6 is 0 Å². The van der Waals surface area contributed by atoms with Crippen molar-refractivity contribution in [2.75, 3.05) is 19.6 Å². The molecule has 1 aromatic carbocycles. The fourth-order valence-electron chi connectivity index (χ4n) is 3.11. The van der Waals surface area contributed by atoms with Crippen LogP contribution < -0.4 is 5.32 Å². The molecule has 116 valence electrons. The van der Waals surface area contributed by atoms with Crippen LogP contribution in [-0.4, -0.2) is 36.5 Å². The standard InChI is InChI=1S/C18H28N2O/c1-3-15-10-12-19-17(14-15)18(21)20(4-2)13-11-16-8-6-5-7-9-16/h5-9,15,17,19H,3-4,10-14H2,1-2H3. The number of benzene rings is 1. The Balaban J connectivity index is 1.89. The highest BCUT2D eigenvalue weighted by atomic mass is 16.2. The quantitative estimate of drug-likeness (QED) is 0.873. The van der Waals surface area contributed by atoms with Gasteiger partial charge in [-0.1, -0.05) is 43.7 Å². The number of nitrogens with zero attached hydrogens (tertiary/aromatic N) is 1. The van der Waals surface area contributed by atoms with Crippen molar-refractivity contribution >= 4 is 5.91 Å². The summed E-state index contributed by atoms with van der Waals surface area (Å²) in [5, 5.41) is 3.40. The second kappa shape index (κ2) is 8.18. The molecule has 1 heterocycles. The molecular formula is C18H28N2O. The topological polar surface area (TPSA) is 32.3 Å². The number of likely N-dealkylation sites (N-methyl/N-ethyl adjacent to an activating group) is 1. The number of rotatable bonds is 6. The Morgan fingerprint density at radius 1 is 1.29 bits per heavy atom. The molecule has 1 amide bonds. The summed E-state index contributed by atoms with van der Waals surface area (Å²) in [5.41, 5.74) is 1.30. The van der Waals surface area contributed by atoms with Crippen molar-refractivity contribution in [3.63, 3.8) is 0 Å². The first kappa shape index (κ1) is 16.0. The normalized spacial score (nSPS) is 22.0. The minimum atomic E-state index is 0.0272. The molecule has 0 bridgehead atoms. The minimum Gasteiger partial charge on any atom is -0.341 e. The summed E-state index contributed by atoms with van der Waals surface area (Å²) >= 11 is 0. The van der Waals surface area contributed by atoms with Crippen molar-refractivity contribution in [2.24, 2.45) is 5.92 Å². The first-order valence-corrected chi connectivity index (χ1v) is 8.30. The molecule has 1 aliphatic rings. The van der Waals surface area contributed by atoms with Gasteiger partial charge in [0.05, 0.1) is 6.04 Å².